The molecular weight excluding hydrogens is 404 g/mol. The second-order valence-corrected chi connectivity index (χ2v) is 6.26. The summed E-state index contributed by atoms with van der Waals surface area (Å²) < 4.78 is 34.1. The highest BCUT2D eigenvalue weighted by molar-refractivity contribution is 4.86. The van der Waals surface area contributed by atoms with Crippen molar-refractivity contribution >= 4 is 0 Å². The summed E-state index contributed by atoms with van der Waals surface area (Å²) in [6.45, 7) is 1.72. The Labute approximate surface area is 178 Å². The summed E-state index contributed by atoms with van der Waals surface area (Å²) in [5, 5.41) is 45.6. The molecule has 0 aliphatic carbocycles. The lowest BCUT2D eigenvalue weighted by Crippen LogP contribution is -2.53. The summed E-state index contributed by atoms with van der Waals surface area (Å²) >= 11 is 0. The van der Waals surface area contributed by atoms with E-state index in [0.717, 1.165) is 6.42 Å². The molecule has 0 spiro atoms. The lowest BCUT2D eigenvalue weighted by Gasteiger charge is -2.37. The molecule has 0 aliphatic heterocycles. The van der Waals surface area contributed by atoms with E-state index in [0.29, 0.717) is 6.61 Å². The normalized spacial score (nSPS) is 15.8. The smallest absolute Gasteiger partial charge is 0.115 e. The quantitative estimate of drug-likeness (QED) is 0.110. The summed E-state index contributed by atoms with van der Waals surface area (Å²) in [4.78, 5) is 0. The monoisotopic (exact) mass is 444 g/mol. The van der Waals surface area contributed by atoms with Crippen LogP contribution in [-0.4, -0.2) is 136 Å². The van der Waals surface area contributed by atoms with Gasteiger partial charge in [-0.15, -0.1) is 0 Å². The molecule has 0 aromatic carbocycles. The first-order valence-electron chi connectivity index (χ1n) is 10.4. The van der Waals surface area contributed by atoms with Gasteiger partial charge >= 0.3 is 0 Å². The van der Waals surface area contributed by atoms with Gasteiger partial charge in [-0.25, -0.2) is 0 Å². The maximum absolute atomic E-state index is 9.27. The Hall–Kier alpha value is -0.440. The Kier molecular flexibility index (Phi) is 21.5. The lowest BCUT2D eigenvalue weighted by atomic mass is 10.0. The summed E-state index contributed by atoms with van der Waals surface area (Å²) in [6.07, 6.45) is -2.14. The molecule has 0 radical (unpaired) electrons. The second kappa shape index (κ2) is 21.8. The highest BCUT2D eigenvalue weighted by Crippen LogP contribution is 2.20. The molecule has 0 bridgehead atoms. The number of hydrogen-bond acceptors (Lipinski definition) is 11. The van der Waals surface area contributed by atoms with Crippen LogP contribution in [0.1, 0.15) is 13.3 Å². The minimum atomic E-state index is -0.768. The van der Waals surface area contributed by atoms with Gasteiger partial charge in [0.25, 0.3) is 0 Å². The third-order valence-electron chi connectivity index (χ3n) is 3.85. The van der Waals surface area contributed by atoms with Crippen molar-refractivity contribution < 1.29 is 54.0 Å². The topological polar surface area (TPSA) is 157 Å². The number of rotatable bonds is 23. The van der Waals surface area contributed by atoms with Crippen molar-refractivity contribution in [1.82, 2.24) is 0 Å². The molecule has 11 nitrogen and oxygen atoms in total. The summed E-state index contributed by atoms with van der Waals surface area (Å²) in [5.41, 5.74) is 0. The van der Waals surface area contributed by atoms with E-state index in [-0.39, 0.29) is 79.3 Å². The fraction of sp³-hybridized carbons (Fsp3) is 1.00. The molecule has 0 saturated heterocycles. The molecule has 11 heteroatoms. The van der Waals surface area contributed by atoms with Crippen LogP contribution in [0.2, 0.25) is 0 Å². The maximum atomic E-state index is 9.27. The zero-order chi connectivity index (χ0) is 22.5. The SMILES string of the molecule is CCCOC(C(COCCO)OCCO)C(OCCO)C(COCCO)OCCO. The van der Waals surface area contributed by atoms with E-state index in [2.05, 4.69) is 0 Å². The number of aliphatic hydroxyl groups is 5. The number of aliphatic hydroxyl groups excluding tert-OH is 5. The van der Waals surface area contributed by atoms with Gasteiger partial charge in [0.15, 0.2) is 0 Å². The van der Waals surface area contributed by atoms with Gasteiger partial charge in [0, 0.05) is 6.61 Å². The average molecular weight is 445 g/mol. The van der Waals surface area contributed by atoms with Gasteiger partial charge in [-0.2, -0.15) is 0 Å². The van der Waals surface area contributed by atoms with Gasteiger partial charge in [0.05, 0.1) is 79.3 Å². The van der Waals surface area contributed by atoms with Crippen LogP contribution in [0.25, 0.3) is 0 Å². The van der Waals surface area contributed by atoms with E-state index < -0.39 is 24.4 Å². The first-order valence-corrected chi connectivity index (χ1v) is 10.4. The summed E-state index contributed by atoms with van der Waals surface area (Å²) in [7, 11) is 0. The van der Waals surface area contributed by atoms with Crippen LogP contribution < -0.4 is 0 Å². The Balaban J connectivity index is 5.63. The highest BCUT2D eigenvalue weighted by atomic mass is 16.6. The van der Waals surface area contributed by atoms with Crippen LogP contribution in [0.4, 0.5) is 0 Å². The predicted octanol–water partition coefficient (Wildman–Crippen LogP) is -2.07. The van der Waals surface area contributed by atoms with E-state index in [4.69, 9.17) is 38.6 Å². The molecule has 0 aromatic heterocycles. The standard InChI is InChI=1S/C19H40O11/c1-2-8-29-18(16(27-11-5-22)14-25-9-3-20)19(30-13-7-24)17(28-12-6-23)15-26-10-4-21/h16-24H,2-15H2,1H3. The molecule has 0 rings (SSSR count). The maximum Gasteiger partial charge on any atom is 0.115 e. The molecule has 182 valence electrons. The number of ether oxygens (including phenoxy) is 6. The lowest BCUT2D eigenvalue weighted by molar-refractivity contribution is -0.201. The van der Waals surface area contributed by atoms with Crippen LogP contribution in [0.5, 0.6) is 0 Å². The van der Waals surface area contributed by atoms with E-state index >= 15 is 0 Å². The molecule has 4 atom stereocenters. The third kappa shape index (κ3) is 13.8. The van der Waals surface area contributed by atoms with Crippen molar-refractivity contribution in [2.45, 2.75) is 37.8 Å². The van der Waals surface area contributed by atoms with Gasteiger partial charge < -0.3 is 54.0 Å². The number of hydrogen-bond donors (Lipinski definition) is 5. The molecule has 0 aromatic rings. The molecular formula is C19H40O11. The molecule has 0 saturated carbocycles. The van der Waals surface area contributed by atoms with Gasteiger partial charge in [-0.3, -0.25) is 0 Å². The van der Waals surface area contributed by atoms with Crippen molar-refractivity contribution in [3.63, 3.8) is 0 Å². The summed E-state index contributed by atoms with van der Waals surface area (Å²) in [5.74, 6) is 0. The molecule has 0 amide bonds. The van der Waals surface area contributed by atoms with Crippen LogP contribution in [0, 0.1) is 0 Å². The molecule has 0 fully saturated rings. The van der Waals surface area contributed by atoms with E-state index in [1.807, 2.05) is 6.92 Å². The Morgan fingerprint density at radius 2 is 0.867 bits per heavy atom. The Bertz CT molecular complexity index is 316. The van der Waals surface area contributed by atoms with Gasteiger partial charge in [-0.05, 0) is 6.42 Å². The van der Waals surface area contributed by atoms with Crippen molar-refractivity contribution in [3.05, 3.63) is 0 Å². The first-order chi connectivity index (χ1) is 14.7. The third-order valence-corrected chi connectivity index (χ3v) is 3.85. The van der Waals surface area contributed by atoms with Gasteiger partial charge in [-0.1, -0.05) is 6.92 Å². The van der Waals surface area contributed by atoms with Gasteiger partial charge in [0.1, 0.15) is 24.4 Å². The van der Waals surface area contributed by atoms with Crippen molar-refractivity contribution in [2.24, 2.45) is 0 Å². The van der Waals surface area contributed by atoms with Crippen LogP contribution in [0.15, 0.2) is 0 Å². The largest absolute Gasteiger partial charge is 0.394 e. The van der Waals surface area contributed by atoms with Crippen molar-refractivity contribution in [3.8, 4) is 0 Å². The fourth-order valence-electron chi connectivity index (χ4n) is 2.68. The fourth-order valence-corrected chi connectivity index (χ4v) is 2.68. The van der Waals surface area contributed by atoms with Crippen LogP contribution >= 0.6 is 0 Å². The van der Waals surface area contributed by atoms with E-state index in [1.54, 1.807) is 0 Å². The summed E-state index contributed by atoms with van der Waals surface area (Å²) in [6, 6.07) is 0. The Morgan fingerprint density at radius 3 is 1.23 bits per heavy atom. The van der Waals surface area contributed by atoms with Crippen molar-refractivity contribution in [2.75, 3.05) is 85.9 Å². The first kappa shape index (κ1) is 29.6. The van der Waals surface area contributed by atoms with Crippen LogP contribution in [-0.2, 0) is 28.4 Å². The Morgan fingerprint density at radius 1 is 0.500 bits per heavy atom. The molecule has 0 heterocycles. The zero-order valence-electron chi connectivity index (χ0n) is 17.9. The minimum absolute atomic E-state index is 0.000145. The zero-order valence-corrected chi connectivity index (χ0v) is 17.9. The second-order valence-electron chi connectivity index (χ2n) is 6.26. The molecule has 5 N–H and O–H groups in total. The predicted molar refractivity (Wildman–Crippen MR) is 106 cm³/mol. The van der Waals surface area contributed by atoms with Crippen LogP contribution in [0.3, 0.4) is 0 Å². The van der Waals surface area contributed by atoms with E-state index in [1.165, 1.54) is 0 Å². The highest BCUT2D eigenvalue weighted by Gasteiger charge is 2.38. The molecule has 0 aliphatic rings. The molecule has 30 heavy (non-hydrogen) atoms. The minimum Gasteiger partial charge on any atom is -0.394 e. The van der Waals surface area contributed by atoms with E-state index in [9.17, 15) is 15.3 Å². The van der Waals surface area contributed by atoms with Crippen molar-refractivity contribution in [1.29, 1.82) is 0 Å². The molecule has 4 unspecified atom stereocenters. The average Bonchev–Trinajstić information content (AvgIpc) is 2.76. The van der Waals surface area contributed by atoms with Gasteiger partial charge in [0.2, 0.25) is 0 Å².